The summed E-state index contributed by atoms with van der Waals surface area (Å²) in [5.41, 5.74) is -0.273. The molecule has 6 heteroatoms. The molecule has 4 nitrogen and oxygen atoms in total. The number of rotatable bonds is 2. The fraction of sp³-hybridized carbons (Fsp3) is 0.615. The Morgan fingerprint density at radius 3 is 2.56 bits per heavy atom. The molecule has 0 spiro atoms. The van der Waals surface area contributed by atoms with E-state index in [2.05, 4.69) is 19.2 Å². The summed E-state index contributed by atoms with van der Waals surface area (Å²) in [4.78, 5) is 27.0. The number of nitrogens with one attached hydrogen (secondary N) is 1. The van der Waals surface area contributed by atoms with Crippen molar-refractivity contribution < 1.29 is 18.4 Å². The van der Waals surface area contributed by atoms with Crippen LogP contribution in [0.4, 0.5) is 14.5 Å². The van der Waals surface area contributed by atoms with Crippen molar-refractivity contribution in [1.82, 2.24) is 4.90 Å². The lowest BCUT2D eigenvalue weighted by molar-refractivity contribution is -0.144. The first kappa shape index (κ1) is 21.6. The third kappa shape index (κ3) is 2.97. The summed E-state index contributed by atoms with van der Waals surface area (Å²) < 4.78 is 28.6. The first-order valence-corrected chi connectivity index (χ1v) is 11.9. The van der Waals surface area contributed by atoms with Crippen molar-refractivity contribution in [2.75, 3.05) is 12.4 Å². The van der Waals surface area contributed by atoms with E-state index < -0.39 is 17.6 Å². The molecule has 5 rings (SSSR count). The zero-order valence-electron chi connectivity index (χ0n) is 19.0. The van der Waals surface area contributed by atoms with Gasteiger partial charge in [0.2, 0.25) is 5.91 Å². The summed E-state index contributed by atoms with van der Waals surface area (Å²) in [6, 6.07) is 6.33. The molecule has 2 amide bonds. The van der Waals surface area contributed by atoms with Crippen LogP contribution in [0.15, 0.2) is 36.2 Å². The van der Waals surface area contributed by atoms with E-state index in [4.69, 9.17) is 0 Å². The van der Waals surface area contributed by atoms with E-state index in [1.165, 1.54) is 6.07 Å². The quantitative estimate of drug-likeness (QED) is 0.674. The largest absolute Gasteiger partial charge is 0.336 e. The third-order valence-corrected chi connectivity index (χ3v) is 9.61. The molecule has 0 bridgehead atoms. The van der Waals surface area contributed by atoms with Gasteiger partial charge in [0.25, 0.3) is 5.91 Å². The minimum atomic E-state index is -0.631. The van der Waals surface area contributed by atoms with Crippen LogP contribution in [0.5, 0.6) is 0 Å². The van der Waals surface area contributed by atoms with E-state index in [1.807, 2.05) is 0 Å². The van der Waals surface area contributed by atoms with Crippen molar-refractivity contribution >= 4 is 17.5 Å². The van der Waals surface area contributed by atoms with Crippen LogP contribution in [0.3, 0.4) is 0 Å². The highest BCUT2D eigenvalue weighted by molar-refractivity contribution is 5.93. The lowest BCUT2D eigenvalue weighted by Crippen LogP contribution is -2.60. The molecule has 32 heavy (non-hydrogen) atoms. The fourth-order valence-electron chi connectivity index (χ4n) is 8.04. The Labute approximate surface area is 188 Å². The second-order valence-electron chi connectivity index (χ2n) is 10.9. The Balaban J connectivity index is 1.40. The standard InChI is InChI=1S/C26H32F2N2O2/c1-25-13-12-17-15(8-11-22-26(17,2)14-20(28)24(32)30(22)3)16(25)9-10-18(25)23(31)29-21-7-5-4-6-19(21)27/h4-7,14-18,22H,8-13H2,1-3H3,(H,29,31)/t15-,16-,17-,18+,22+,25-,26+/m0/s1. The Morgan fingerprint density at radius 1 is 1.06 bits per heavy atom. The predicted molar refractivity (Wildman–Crippen MR) is 119 cm³/mol. The fourth-order valence-corrected chi connectivity index (χ4v) is 8.04. The molecule has 0 aromatic heterocycles. The molecule has 0 unspecified atom stereocenters. The van der Waals surface area contributed by atoms with Crippen LogP contribution in [-0.4, -0.2) is 29.8 Å². The highest BCUT2D eigenvalue weighted by Crippen LogP contribution is 2.65. The number of benzene rings is 1. The number of hydrogen-bond acceptors (Lipinski definition) is 2. The number of carbonyl (C=O) groups is 2. The first-order chi connectivity index (χ1) is 15.2. The van der Waals surface area contributed by atoms with Gasteiger partial charge < -0.3 is 10.2 Å². The van der Waals surface area contributed by atoms with Gasteiger partial charge in [0.1, 0.15) is 5.82 Å². The van der Waals surface area contributed by atoms with E-state index in [-0.39, 0.29) is 34.4 Å². The van der Waals surface area contributed by atoms with Gasteiger partial charge in [-0.05, 0) is 79.9 Å². The van der Waals surface area contributed by atoms with E-state index in [9.17, 15) is 18.4 Å². The number of para-hydroxylation sites is 1. The summed E-state index contributed by atoms with van der Waals surface area (Å²) in [6.07, 6.45) is 7.05. The predicted octanol–water partition coefficient (Wildman–Crippen LogP) is 5.32. The summed E-state index contributed by atoms with van der Waals surface area (Å²) in [6.45, 7) is 4.35. The molecule has 4 aliphatic rings. The summed E-state index contributed by atoms with van der Waals surface area (Å²) in [5, 5.41) is 2.83. The number of carbonyl (C=O) groups excluding carboxylic acids is 2. The van der Waals surface area contributed by atoms with Crippen molar-refractivity contribution in [3.05, 3.63) is 42.0 Å². The van der Waals surface area contributed by atoms with Gasteiger partial charge in [-0.2, -0.15) is 0 Å². The van der Waals surface area contributed by atoms with Crippen LogP contribution >= 0.6 is 0 Å². The van der Waals surface area contributed by atoms with Crippen LogP contribution < -0.4 is 5.32 Å². The molecule has 0 saturated heterocycles. The molecule has 3 aliphatic carbocycles. The minimum Gasteiger partial charge on any atom is -0.336 e. The lowest BCUT2D eigenvalue weighted by Gasteiger charge is -2.60. The van der Waals surface area contributed by atoms with Gasteiger partial charge in [-0.15, -0.1) is 0 Å². The monoisotopic (exact) mass is 442 g/mol. The number of amides is 2. The second-order valence-corrected chi connectivity index (χ2v) is 10.9. The number of hydrogen-bond donors (Lipinski definition) is 1. The van der Waals surface area contributed by atoms with Crippen LogP contribution in [0, 0.1) is 40.3 Å². The molecule has 172 valence electrons. The molecule has 3 fully saturated rings. The van der Waals surface area contributed by atoms with Gasteiger partial charge in [-0.3, -0.25) is 9.59 Å². The van der Waals surface area contributed by atoms with E-state index in [1.54, 1.807) is 36.2 Å². The van der Waals surface area contributed by atoms with Gasteiger partial charge in [0.15, 0.2) is 5.83 Å². The zero-order chi connectivity index (χ0) is 22.8. The summed E-state index contributed by atoms with van der Waals surface area (Å²) in [7, 11) is 1.73. The molecular formula is C26H32F2N2O2. The maximum atomic E-state index is 14.5. The van der Waals surface area contributed by atoms with E-state index >= 15 is 0 Å². The van der Waals surface area contributed by atoms with Crippen molar-refractivity contribution in [1.29, 1.82) is 0 Å². The van der Waals surface area contributed by atoms with Crippen molar-refractivity contribution in [3.8, 4) is 0 Å². The summed E-state index contributed by atoms with van der Waals surface area (Å²) in [5.74, 6) is -0.698. The second kappa shape index (κ2) is 7.39. The van der Waals surface area contributed by atoms with Crippen LogP contribution in [0.2, 0.25) is 0 Å². The number of halogens is 2. The minimum absolute atomic E-state index is 0.0293. The van der Waals surface area contributed by atoms with Crippen molar-refractivity contribution in [2.24, 2.45) is 34.5 Å². The molecule has 1 aromatic carbocycles. The highest BCUT2D eigenvalue weighted by Gasteiger charge is 2.62. The zero-order valence-corrected chi connectivity index (χ0v) is 19.0. The normalized spacial score (nSPS) is 40.8. The molecule has 7 atom stereocenters. The first-order valence-electron chi connectivity index (χ1n) is 11.9. The number of nitrogens with zero attached hydrogens (tertiary/aromatic N) is 1. The molecule has 1 aromatic rings. The van der Waals surface area contributed by atoms with Crippen LogP contribution in [0.25, 0.3) is 0 Å². The Hall–Kier alpha value is -2.24. The maximum Gasteiger partial charge on any atom is 0.282 e. The molecule has 0 radical (unpaired) electrons. The Kier molecular flexibility index (Phi) is 4.99. The topological polar surface area (TPSA) is 49.4 Å². The molecule has 3 saturated carbocycles. The van der Waals surface area contributed by atoms with Crippen LogP contribution in [0.1, 0.15) is 52.4 Å². The van der Waals surface area contributed by atoms with Gasteiger partial charge in [-0.1, -0.05) is 26.0 Å². The number of anilines is 1. The smallest absolute Gasteiger partial charge is 0.282 e. The molecular weight excluding hydrogens is 410 g/mol. The maximum absolute atomic E-state index is 14.5. The average Bonchev–Trinajstić information content (AvgIpc) is 3.11. The van der Waals surface area contributed by atoms with Gasteiger partial charge in [-0.25, -0.2) is 8.78 Å². The van der Waals surface area contributed by atoms with Gasteiger partial charge in [0.05, 0.1) is 5.69 Å². The number of fused-ring (bicyclic) bond motifs is 5. The molecule has 1 aliphatic heterocycles. The van der Waals surface area contributed by atoms with Gasteiger partial charge >= 0.3 is 0 Å². The Bertz CT molecular complexity index is 994. The highest BCUT2D eigenvalue weighted by atomic mass is 19.1. The van der Waals surface area contributed by atoms with Crippen molar-refractivity contribution in [3.63, 3.8) is 0 Å². The molecule has 1 N–H and O–H groups in total. The third-order valence-electron chi connectivity index (χ3n) is 9.61. The average molecular weight is 443 g/mol. The Morgan fingerprint density at radius 2 is 1.81 bits per heavy atom. The lowest BCUT2D eigenvalue weighted by atomic mass is 9.47. The summed E-state index contributed by atoms with van der Waals surface area (Å²) >= 11 is 0. The molecule has 1 heterocycles. The SMILES string of the molecule is CN1C(=O)C(F)=C[C@]2(C)[C@H]3CC[C@]4(C)[C@@H](C(=O)Nc5ccccc5F)CC[C@H]4[C@@H]3CC[C@@H]12. The number of likely N-dealkylation sites (N-methyl/N-ethyl adjacent to an activating group) is 1. The van der Waals surface area contributed by atoms with Crippen molar-refractivity contribution in [2.45, 2.75) is 58.4 Å². The van der Waals surface area contributed by atoms with E-state index in [0.717, 1.165) is 38.5 Å². The van der Waals surface area contributed by atoms with Crippen LogP contribution in [-0.2, 0) is 9.59 Å². The van der Waals surface area contributed by atoms with E-state index in [0.29, 0.717) is 17.8 Å². The van der Waals surface area contributed by atoms with Gasteiger partial charge in [0, 0.05) is 24.4 Å².